The summed E-state index contributed by atoms with van der Waals surface area (Å²) in [5, 5.41) is 3.82. The largest absolute Gasteiger partial charge is 0.437 e. The van der Waals surface area contributed by atoms with Crippen LogP contribution in [0, 0.1) is 12.7 Å². The molecule has 0 amide bonds. The molecule has 21 heavy (non-hydrogen) atoms. The minimum atomic E-state index is -0.319. The maximum absolute atomic E-state index is 13.1. The minimum absolute atomic E-state index is 0.231. The average molecular weight is 329 g/mol. The van der Waals surface area contributed by atoms with Crippen LogP contribution in [0.5, 0.6) is 11.6 Å². The number of nitrogens with one attached hydrogen (secondary N) is 1. The number of anilines is 1. The van der Waals surface area contributed by atoms with Crippen LogP contribution in [-0.4, -0.2) is 11.5 Å². The van der Waals surface area contributed by atoms with Crippen molar-refractivity contribution in [3.8, 4) is 11.6 Å². The number of halogens is 3. The van der Waals surface area contributed by atoms with E-state index in [9.17, 15) is 4.39 Å². The molecule has 0 unspecified atom stereocenters. The number of pyridine rings is 1. The van der Waals surface area contributed by atoms with Gasteiger partial charge in [-0.2, -0.15) is 4.98 Å². The van der Waals surface area contributed by atoms with E-state index in [1.54, 1.807) is 13.0 Å². The van der Waals surface area contributed by atoms with Gasteiger partial charge in [0.25, 0.3) is 0 Å². The molecule has 0 bridgehead atoms. The zero-order valence-electron chi connectivity index (χ0n) is 11.7. The van der Waals surface area contributed by atoms with Gasteiger partial charge in [0.15, 0.2) is 0 Å². The first-order valence-corrected chi connectivity index (χ1v) is 7.30. The van der Waals surface area contributed by atoms with Crippen LogP contribution in [0.15, 0.2) is 24.3 Å². The first-order valence-electron chi connectivity index (χ1n) is 6.55. The summed E-state index contributed by atoms with van der Waals surface area (Å²) in [6.45, 7) is 4.53. The maximum atomic E-state index is 13.1. The van der Waals surface area contributed by atoms with Crippen LogP contribution in [0.25, 0.3) is 0 Å². The third-order valence-corrected chi connectivity index (χ3v) is 3.34. The van der Waals surface area contributed by atoms with Gasteiger partial charge in [-0.05, 0) is 43.2 Å². The van der Waals surface area contributed by atoms with E-state index >= 15 is 0 Å². The summed E-state index contributed by atoms with van der Waals surface area (Å²) >= 11 is 12.2. The minimum Gasteiger partial charge on any atom is -0.437 e. The zero-order valence-corrected chi connectivity index (χ0v) is 13.2. The Balaban J connectivity index is 2.30. The van der Waals surface area contributed by atoms with Crippen LogP contribution in [0.3, 0.4) is 0 Å². The zero-order chi connectivity index (χ0) is 15.4. The van der Waals surface area contributed by atoms with E-state index in [1.807, 2.05) is 6.92 Å². The van der Waals surface area contributed by atoms with E-state index in [0.717, 1.165) is 13.0 Å². The quantitative estimate of drug-likeness (QED) is 0.792. The van der Waals surface area contributed by atoms with Crippen molar-refractivity contribution in [1.82, 2.24) is 4.98 Å². The van der Waals surface area contributed by atoms with Crippen LogP contribution in [0.1, 0.15) is 18.9 Å². The van der Waals surface area contributed by atoms with Crippen molar-refractivity contribution in [2.45, 2.75) is 20.3 Å². The number of ether oxygens (including phenoxy) is 1. The predicted molar refractivity (Wildman–Crippen MR) is 84.2 cm³/mol. The summed E-state index contributed by atoms with van der Waals surface area (Å²) in [5.41, 5.74) is 0.658. The van der Waals surface area contributed by atoms with Crippen LogP contribution < -0.4 is 10.1 Å². The number of hydrogen-bond donors (Lipinski definition) is 1. The fraction of sp³-hybridized carbons (Fsp3) is 0.267. The molecule has 0 aliphatic rings. The highest BCUT2D eigenvalue weighted by atomic mass is 35.5. The third-order valence-electron chi connectivity index (χ3n) is 2.78. The van der Waals surface area contributed by atoms with Gasteiger partial charge in [-0.3, -0.25) is 0 Å². The molecule has 2 rings (SSSR count). The topological polar surface area (TPSA) is 34.2 Å². The van der Waals surface area contributed by atoms with Crippen molar-refractivity contribution in [2.24, 2.45) is 0 Å². The fourth-order valence-electron chi connectivity index (χ4n) is 1.72. The Kier molecular flexibility index (Phi) is 5.26. The van der Waals surface area contributed by atoms with Crippen molar-refractivity contribution in [3.63, 3.8) is 0 Å². The summed E-state index contributed by atoms with van der Waals surface area (Å²) in [6.07, 6.45) is 0.938. The third kappa shape index (κ3) is 3.99. The maximum Gasteiger partial charge on any atom is 0.240 e. The highest BCUT2D eigenvalue weighted by Gasteiger charge is 2.12. The lowest BCUT2D eigenvalue weighted by Gasteiger charge is -2.12. The van der Waals surface area contributed by atoms with Crippen LogP contribution >= 0.6 is 23.2 Å². The van der Waals surface area contributed by atoms with Crippen molar-refractivity contribution in [1.29, 1.82) is 0 Å². The number of benzene rings is 1. The van der Waals surface area contributed by atoms with Crippen molar-refractivity contribution < 1.29 is 9.13 Å². The molecule has 0 radical (unpaired) electrons. The lowest BCUT2D eigenvalue weighted by atomic mass is 10.2. The molecule has 3 nitrogen and oxygen atoms in total. The molecule has 0 saturated carbocycles. The van der Waals surface area contributed by atoms with E-state index < -0.39 is 0 Å². The highest BCUT2D eigenvalue weighted by Crippen LogP contribution is 2.34. The molecule has 1 N–H and O–H groups in total. The molecule has 1 aromatic heterocycles. The SMILES string of the molecule is CCCNc1nc(Oc2ccc(F)cc2C)c(Cl)cc1Cl. The second-order valence-electron chi connectivity index (χ2n) is 4.54. The van der Waals surface area contributed by atoms with Crippen molar-refractivity contribution in [3.05, 3.63) is 45.7 Å². The smallest absolute Gasteiger partial charge is 0.240 e. The van der Waals surface area contributed by atoms with Gasteiger partial charge in [-0.15, -0.1) is 0 Å². The molecule has 0 aliphatic carbocycles. The Labute approximate surface area is 133 Å². The fourth-order valence-corrected chi connectivity index (χ4v) is 2.18. The van der Waals surface area contributed by atoms with Gasteiger partial charge in [0.2, 0.25) is 5.88 Å². The molecule has 0 spiro atoms. The second-order valence-corrected chi connectivity index (χ2v) is 5.36. The molecule has 0 atom stereocenters. The van der Waals surface area contributed by atoms with Gasteiger partial charge in [-0.1, -0.05) is 30.1 Å². The Morgan fingerprint density at radius 3 is 2.67 bits per heavy atom. The summed E-state index contributed by atoms with van der Waals surface area (Å²) in [7, 11) is 0. The summed E-state index contributed by atoms with van der Waals surface area (Å²) in [4.78, 5) is 4.28. The molecular weight excluding hydrogens is 314 g/mol. The highest BCUT2D eigenvalue weighted by molar-refractivity contribution is 6.36. The monoisotopic (exact) mass is 328 g/mol. The predicted octanol–water partition coefficient (Wildman–Crippen LogP) is 5.45. The Morgan fingerprint density at radius 2 is 2.00 bits per heavy atom. The number of hydrogen-bond acceptors (Lipinski definition) is 3. The van der Waals surface area contributed by atoms with E-state index in [1.165, 1.54) is 18.2 Å². The van der Waals surface area contributed by atoms with Crippen molar-refractivity contribution in [2.75, 3.05) is 11.9 Å². The standard InChI is InChI=1S/C15H15Cl2FN2O/c1-3-6-19-14-11(16)8-12(17)15(20-14)21-13-5-4-10(18)7-9(13)2/h4-5,7-8H,3,6H2,1-2H3,(H,19,20). The molecular formula is C15H15Cl2FN2O. The van der Waals surface area contributed by atoms with Crippen molar-refractivity contribution >= 4 is 29.0 Å². The molecule has 0 aliphatic heterocycles. The van der Waals surface area contributed by atoms with E-state index in [4.69, 9.17) is 27.9 Å². The lowest BCUT2D eigenvalue weighted by molar-refractivity contribution is 0.458. The molecule has 112 valence electrons. The van der Waals surface area contributed by atoms with Gasteiger partial charge in [0.1, 0.15) is 22.4 Å². The lowest BCUT2D eigenvalue weighted by Crippen LogP contribution is -2.03. The first-order chi connectivity index (χ1) is 10.0. The van der Waals surface area contributed by atoms with Gasteiger partial charge in [0.05, 0.1) is 5.02 Å². The molecule has 0 saturated heterocycles. The Morgan fingerprint density at radius 1 is 1.24 bits per heavy atom. The van der Waals surface area contributed by atoms with E-state index in [-0.39, 0.29) is 11.7 Å². The first kappa shape index (κ1) is 15.9. The molecule has 1 aromatic carbocycles. The number of rotatable bonds is 5. The average Bonchev–Trinajstić information content (AvgIpc) is 2.43. The summed E-state index contributed by atoms with van der Waals surface area (Å²) in [5.74, 6) is 0.918. The number of aromatic nitrogens is 1. The summed E-state index contributed by atoms with van der Waals surface area (Å²) < 4.78 is 18.8. The Hall–Kier alpha value is -1.52. The number of nitrogens with zero attached hydrogens (tertiary/aromatic N) is 1. The summed E-state index contributed by atoms with van der Waals surface area (Å²) in [6, 6.07) is 5.82. The van der Waals surface area contributed by atoms with Gasteiger partial charge in [-0.25, -0.2) is 4.39 Å². The van der Waals surface area contributed by atoms with Gasteiger partial charge >= 0.3 is 0 Å². The second kappa shape index (κ2) is 6.96. The van der Waals surface area contributed by atoms with Crippen LogP contribution in [-0.2, 0) is 0 Å². The van der Waals surface area contributed by atoms with E-state index in [0.29, 0.717) is 27.2 Å². The van der Waals surface area contributed by atoms with E-state index in [2.05, 4.69) is 10.3 Å². The van der Waals surface area contributed by atoms with Gasteiger partial charge in [0, 0.05) is 6.54 Å². The molecule has 0 fully saturated rings. The van der Waals surface area contributed by atoms with Crippen LogP contribution in [0.4, 0.5) is 10.2 Å². The molecule has 6 heteroatoms. The Bertz CT molecular complexity index is 650. The normalized spacial score (nSPS) is 10.5. The molecule has 2 aromatic rings. The van der Waals surface area contributed by atoms with Crippen LogP contribution in [0.2, 0.25) is 10.0 Å². The number of aryl methyl sites for hydroxylation is 1. The molecule has 1 heterocycles. The van der Waals surface area contributed by atoms with Gasteiger partial charge < -0.3 is 10.1 Å².